The Morgan fingerprint density at radius 2 is 1.51 bits per heavy atom. The number of carboxylic acids is 2. The molecule has 0 aliphatic rings. The van der Waals surface area contributed by atoms with Gasteiger partial charge in [0.05, 0.1) is 13.0 Å². The van der Waals surface area contributed by atoms with E-state index >= 15 is 0 Å². The van der Waals surface area contributed by atoms with Gasteiger partial charge in [-0.15, -0.1) is 0 Å². The lowest BCUT2D eigenvalue weighted by atomic mass is 10.00. The molecule has 2 aromatic rings. The van der Waals surface area contributed by atoms with Crippen LogP contribution in [0.4, 0.5) is 0 Å². The third-order valence-corrected chi connectivity index (χ3v) is 5.60. The molecule has 1 aromatic heterocycles. The Morgan fingerprint density at radius 3 is 2.11 bits per heavy atom. The lowest BCUT2D eigenvalue weighted by molar-refractivity contribution is -0.147. The van der Waals surface area contributed by atoms with Crippen molar-refractivity contribution in [2.45, 2.75) is 57.3 Å². The number of carbonyl (C=O) groups excluding carboxylic acids is 3. The summed E-state index contributed by atoms with van der Waals surface area (Å²) in [7, 11) is 0. The van der Waals surface area contributed by atoms with Crippen LogP contribution in [0.2, 0.25) is 0 Å². The second-order valence-corrected chi connectivity index (χ2v) is 9.10. The molecule has 0 radical (unpaired) electrons. The number of rotatable bonds is 14. The van der Waals surface area contributed by atoms with Gasteiger partial charge < -0.3 is 42.0 Å². The Morgan fingerprint density at radius 1 is 0.919 bits per heavy atom. The van der Waals surface area contributed by atoms with Gasteiger partial charge in [-0.1, -0.05) is 32.0 Å². The minimum absolute atomic E-state index is 0.0204. The van der Waals surface area contributed by atoms with Crippen molar-refractivity contribution in [1.82, 2.24) is 20.9 Å². The van der Waals surface area contributed by atoms with E-state index in [1.165, 1.54) is 0 Å². The van der Waals surface area contributed by atoms with E-state index in [2.05, 4.69) is 20.9 Å². The van der Waals surface area contributed by atoms with Crippen LogP contribution in [0.5, 0.6) is 0 Å². The second-order valence-electron chi connectivity index (χ2n) is 9.10. The predicted molar refractivity (Wildman–Crippen MR) is 132 cm³/mol. The number of para-hydroxylation sites is 1. The fourth-order valence-electron chi connectivity index (χ4n) is 3.71. The van der Waals surface area contributed by atoms with Gasteiger partial charge in [-0.05, 0) is 24.0 Å². The number of aromatic nitrogens is 1. The maximum atomic E-state index is 13.3. The third-order valence-electron chi connectivity index (χ3n) is 5.60. The zero-order chi connectivity index (χ0) is 27.7. The molecule has 3 amide bonds. The van der Waals surface area contributed by atoms with Crippen LogP contribution in [0.15, 0.2) is 30.5 Å². The van der Waals surface area contributed by atoms with E-state index in [4.69, 9.17) is 10.8 Å². The number of amides is 3. The SMILES string of the molecule is CC(C)CC(NC(=O)C(Cc1c[nH]c2ccccc12)NC(=O)C(N)CO)C(=O)NC(CC(=O)O)C(=O)O. The van der Waals surface area contributed by atoms with Gasteiger partial charge in [0.15, 0.2) is 0 Å². The number of carbonyl (C=O) groups is 5. The van der Waals surface area contributed by atoms with E-state index in [9.17, 15) is 34.2 Å². The van der Waals surface area contributed by atoms with Crippen LogP contribution in [0.3, 0.4) is 0 Å². The number of nitrogens with two attached hydrogens (primary N) is 1. The van der Waals surface area contributed by atoms with E-state index in [0.717, 1.165) is 10.9 Å². The van der Waals surface area contributed by atoms with Gasteiger partial charge in [0.1, 0.15) is 24.2 Å². The number of nitrogens with one attached hydrogen (secondary N) is 4. The first-order valence-electron chi connectivity index (χ1n) is 11.7. The molecule has 0 spiro atoms. The second kappa shape index (κ2) is 13.4. The standard InChI is InChI=1S/C24H33N5O8/c1-12(2)7-17(22(34)29-19(24(36)37)9-20(31)32)28-23(35)18(27-21(33)15(25)11-30)8-13-10-26-16-6-4-3-5-14(13)16/h3-6,10,12,15,17-19,26,30H,7-9,11,25H2,1-2H3,(H,27,33)(H,28,35)(H,29,34)(H,31,32)(H,36,37). The highest BCUT2D eigenvalue weighted by molar-refractivity contribution is 5.95. The number of aliphatic hydroxyl groups excluding tert-OH is 1. The van der Waals surface area contributed by atoms with E-state index in [-0.39, 0.29) is 18.8 Å². The average Bonchev–Trinajstić information content (AvgIpc) is 3.24. The van der Waals surface area contributed by atoms with Gasteiger partial charge in [0.25, 0.3) is 0 Å². The largest absolute Gasteiger partial charge is 0.481 e. The molecule has 0 saturated heterocycles. The molecule has 2 rings (SSSR count). The summed E-state index contributed by atoms with van der Waals surface area (Å²) < 4.78 is 0. The summed E-state index contributed by atoms with van der Waals surface area (Å²) in [5.41, 5.74) is 7.11. The summed E-state index contributed by atoms with van der Waals surface area (Å²) in [6.07, 6.45) is 0.972. The van der Waals surface area contributed by atoms with Gasteiger partial charge in [-0.2, -0.15) is 0 Å². The minimum atomic E-state index is -1.69. The van der Waals surface area contributed by atoms with Crippen LogP contribution in [0.25, 0.3) is 10.9 Å². The number of aliphatic hydroxyl groups is 1. The van der Waals surface area contributed by atoms with Crippen LogP contribution in [-0.2, 0) is 30.4 Å². The van der Waals surface area contributed by atoms with Crippen molar-refractivity contribution in [2.24, 2.45) is 11.7 Å². The molecule has 9 N–H and O–H groups in total. The highest BCUT2D eigenvalue weighted by Crippen LogP contribution is 2.19. The molecule has 4 unspecified atom stereocenters. The maximum Gasteiger partial charge on any atom is 0.326 e. The first-order chi connectivity index (χ1) is 17.4. The summed E-state index contributed by atoms with van der Waals surface area (Å²) in [6.45, 7) is 2.92. The fraction of sp³-hybridized carbons (Fsp3) is 0.458. The number of carboxylic acid groups (broad SMARTS) is 2. The summed E-state index contributed by atoms with van der Waals surface area (Å²) in [5, 5.41) is 35.5. The van der Waals surface area contributed by atoms with E-state index in [1.807, 2.05) is 24.3 Å². The van der Waals surface area contributed by atoms with Gasteiger partial charge >= 0.3 is 11.9 Å². The predicted octanol–water partition coefficient (Wildman–Crippen LogP) is -0.910. The van der Waals surface area contributed by atoms with Gasteiger partial charge in [-0.3, -0.25) is 19.2 Å². The first kappa shape index (κ1) is 29.3. The molecule has 0 aliphatic heterocycles. The number of hydrogen-bond acceptors (Lipinski definition) is 7. The molecular weight excluding hydrogens is 486 g/mol. The highest BCUT2D eigenvalue weighted by atomic mass is 16.4. The number of aromatic amines is 1. The lowest BCUT2D eigenvalue weighted by Gasteiger charge is -2.25. The van der Waals surface area contributed by atoms with Crippen molar-refractivity contribution in [1.29, 1.82) is 0 Å². The molecule has 0 aliphatic carbocycles. The average molecular weight is 520 g/mol. The Hall–Kier alpha value is -3.97. The van der Waals surface area contributed by atoms with Crippen molar-refractivity contribution in [3.8, 4) is 0 Å². The summed E-state index contributed by atoms with van der Waals surface area (Å²) in [6, 6.07) is 1.94. The minimum Gasteiger partial charge on any atom is -0.481 e. The van der Waals surface area contributed by atoms with Crippen molar-refractivity contribution >= 4 is 40.6 Å². The molecule has 1 aromatic carbocycles. The lowest BCUT2D eigenvalue weighted by Crippen LogP contribution is -2.58. The zero-order valence-corrected chi connectivity index (χ0v) is 20.6. The van der Waals surface area contributed by atoms with Crippen LogP contribution < -0.4 is 21.7 Å². The number of fused-ring (bicyclic) bond motifs is 1. The summed E-state index contributed by atoms with van der Waals surface area (Å²) in [5.74, 6) is -5.45. The molecule has 13 nitrogen and oxygen atoms in total. The summed E-state index contributed by atoms with van der Waals surface area (Å²) in [4.78, 5) is 64.1. The molecule has 4 atom stereocenters. The van der Waals surface area contributed by atoms with Crippen LogP contribution >= 0.6 is 0 Å². The Labute approximate surface area is 212 Å². The monoisotopic (exact) mass is 519 g/mol. The molecule has 0 bridgehead atoms. The highest BCUT2D eigenvalue weighted by Gasteiger charge is 2.32. The topological polar surface area (TPSA) is 224 Å². The molecular formula is C24H33N5O8. The quantitative estimate of drug-likeness (QED) is 0.154. The van der Waals surface area contributed by atoms with E-state index in [1.54, 1.807) is 20.0 Å². The third kappa shape index (κ3) is 8.58. The van der Waals surface area contributed by atoms with Crippen molar-refractivity contribution in [2.75, 3.05) is 6.61 Å². The van der Waals surface area contributed by atoms with E-state index < -0.39 is 66.9 Å². The number of aliphatic carboxylic acids is 2. The Bertz CT molecular complexity index is 1130. The van der Waals surface area contributed by atoms with Crippen LogP contribution in [0.1, 0.15) is 32.3 Å². The van der Waals surface area contributed by atoms with Gasteiger partial charge in [-0.25, -0.2) is 4.79 Å². The Kier molecular flexibility index (Phi) is 10.6. The first-order valence-corrected chi connectivity index (χ1v) is 11.7. The van der Waals surface area contributed by atoms with Crippen molar-refractivity contribution in [3.05, 3.63) is 36.0 Å². The molecule has 0 fully saturated rings. The normalized spacial score (nSPS) is 14.4. The fourth-order valence-corrected chi connectivity index (χ4v) is 3.71. The van der Waals surface area contributed by atoms with E-state index in [0.29, 0.717) is 5.56 Å². The Balaban J connectivity index is 2.29. The van der Waals surface area contributed by atoms with Crippen LogP contribution in [-0.4, -0.2) is 80.7 Å². The summed E-state index contributed by atoms with van der Waals surface area (Å²) >= 11 is 0. The smallest absolute Gasteiger partial charge is 0.326 e. The molecule has 37 heavy (non-hydrogen) atoms. The van der Waals surface area contributed by atoms with Crippen molar-refractivity contribution < 1.29 is 39.3 Å². The molecule has 202 valence electrons. The number of benzene rings is 1. The number of H-pyrrole nitrogens is 1. The molecule has 13 heteroatoms. The molecule has 0 saturated carbocycles. The van der Waals surface area contributed by atoms with Gasteiger partial charge in [0.2, 0.25) is 17.7 Å². The van der Waals surface area contributed by atoms with Gasteiger partial charge in [0, 0.05) is 23.5 Å². The number of hydrogen-bond donors (Lipinski definition) is 8. The maximum absolute atomic E-state index is 13.3. The van der Waals surface area contributed by atoms with Crippen LogP contribution in [0, 0.1) is 5.92 Å². The zero-order valence-electron chi connectivity index (χ0n) is 20.6. The molecule has 1 heterocycles. The van der Waals surface area contributed by atoms with Crippen molar-refractivity contribution in [3.63, 3.8) is 0 Å².